The van der Waals surface area contributed by atoms with Crippen LogP contribution in [0.3, 0.4) is 0 Å². The molecule has 0 saturated carbocycles. The molecule has 0 unspecified atom stereocenters. The average Bonchev–Trinajstić information content (AvgIpc) is 2.05. The van der Waals surface area contributed by atoms with Gasteiger partial charge in [-0.15, -0.1) is 0 Å². The molecule has 1 N–H and O–H groups in total. The first-order valence-electron chi connectivity index (χ1n) is 4.39. The SMILES string of the molecule is O=C1C=COC2(CCNCC2)C1. The summed E-state index contributed by atoms with van der Waals surface area (Å²) in [6.45, 7) is 1.92. The van der Waals surface area contributed by atoms with Gasteiger partial charge in [-0.3, -0.25) is 4.79 Å². The highest BCUT2D eigenvalue weighted by Crippen LogP contribution is 2.30. The van der Waals surface area contributed by atoms with Gasteiger partial charge in [-0.1, -0.05) is 0 Å². The second-order valence-electron chi connectivity index (χ2n) is 3.50. The molecule has 2 rings (SSSR count). The lowest BCUT2D eigenvalue weighted by atomic mass is 9.86. The second kappa shape index (κ2) is 2.90. The predicted octanol–water partition coefficient (Wildman–Crippen LogP) is 0.612. The summed E-state index contributed by atoms with van der Waals surface area (Å²) < 4.78 is 5.54. The smallest absolute Gasteiger partial charge is 0.162 e. The van der Waals surface area contributed by atoms with Crippen molar-refractivity contribution in [3.63, 3.8) is 0 Å². The molecule has 12 heavy (non-hydrogen) atoms. The molecule has 66 valence electrons. The molecule has 0 radical (unpaired) electrons. The Morgan fingerprint density at radius 3 is 2.83 bits per heavy atom. The van der Waals surface area contributed by atoms with Crippen LogP contribution >= 0.6 is 0 Å². The summed E-state index contributed by atoms with van der Waals surface area (Å²) in [5.41, 5.74) is -0.170. The van der Waals surface area contributed by atoms with E-state index in [4.69, 9.17) is 4.74 Å². The first-order valence-corrected chi connectivity index (χ1v) is 4.39. The number of carbonyl (C=O) groups excluding carboxylic acids is 1. The van der Waals surface area contributed by atoms with Crippen LogP contribution < -0.4 is 5.32 Å². The Morgan fingerprint density at radius 1 is 1.42 bits per heavy atom. The molecule has 0 aromatic heterocycles. The fourth-order valence-corrected chi connectivity index (χ4v) is 1.85. The molecular formula is C9H13NO2. The molecule has 0 atom stereocenters. The molecule has 1 spiro atoms. The van der Waals surface area contributed by atoms with Crippen LogP contribution in [0, 0.1) is 0 Å². The number of allylic oxidation sites excluding steroid dienone is 1. The summed E-state index contributed by atoms with van der Waals surface area (Å²) in [5, 5.41) is 3.26. The molecule has 0 aliphatic carbocycles. The van der Waals surface area contributed by atoms with Crippen molar-refractivity contribution in [1.29, 1.82) is 0 Å². The van der Waals surface area contributed by atoms with Gasteiger partial charge in [0.25, 0.3) is 0 Å². The summed E-state index contributed by atoms with van der Waals surface area (Å²) in [6, 6.07) is 0. The Morgan fingerprint density at radius 2 is 2.17 bits per heavy atom. The van der Waals surface area contributed by atoms with E-state index in [1.165, 1.54) is 6.08 Å². The number of carbonyl (C=O) groups is 1. The fraction of sp³-hybridized carbons (Fsp3) is 0.667. The molecule has 0 bridgehead atoms. The molecule has 2 aliphatic rings. The zero-order chi connectivity index (χ0) is 8.44. The molecule has 0 aromatic carbocycles. The van der Waals surface area contributed by atoms with Crippen LogP contribution in [0.2, 0.25) is 0 Å². The fourth-order valence-electron chi connectivity index (χ4n) is 1.85. The Hall–Kier alpha value is -0.830. The number of rotatable bonds is 0. The third kappa shape index (κ3) is 1.37. The van der Waals surface area contributed by atoms with E-state index in [1.54, 1.807) is 6.26 Å². The normalized spacial score (nSPS) is 27.2. The molecule has 1 fully saturated rings. The van der Waals surface area contributed by atoms with Crippen LogP contribution in [-0.4, -0.2) is 24.5 Å². The van der Waals surface area contributed by atoms with E-state index < -0.39 is 0 Å². The first kappa shape index (κ1) is 7.80. The van der Waals surface area contributed by atoms with E-state index in [2.05, 4.69) is 5.32 Å². The zero-order valence-electron chi connectivity index (χ0n) is 7.01. The van der Waals surface area contributed by atoms with Crippen molar-refractivity contribution in [3.8, 4) is 0 Å². The maximum Gasteiger partial charge on any atom is 0.162 e. The lowest BCUT2D eigenvalue weighted by Crippen LogP contribution is -2.45. The Kier molecular flexibility index (Phi) is 1.89. The Bertz CT molecular complexity index is 217. The highest BCUT2D eigenvalue weighted by atomic mass is 16.5. The number of hydrogen-bond donors (Lipinski definition) is 1. The van der Waals surface area contributed by atoms with Crippen molar-refractivity contribution in [3.05, 3.63) is 12.3 Å². The number of nitrogens with one attached hydrogen (secondary N) is 1. The van der Waals surface area contributed by atoms with Crippen LogP contribution in [0.15, 0.2) is 12.3 Å². The maximum absolute atomic E-state index is 11.1. The van der Waals surface area contributed by atoms with Crippen LogP contribution in [0.1, 0.15) is 19.3 Å². The van der Waals surface area contributed by atoms with Gasteiger partial charge in [-0.25, -0.2) is 0 Å². The molecule has 3 nitrogen and oxygen atoms in total. The quantitative estimate of drug-likeness (QED) is 0.574. The van der Waals surface area contributed by atoms with Crippen molar-refractivity contribution in [2.45, 2.75) is 24.9 Å². The summed E-state index contributed by atoms with van der Waals surface area (Å²) >= 11 is 0. The van der Waals surface area contributed by atoms with Gasteiger partial charge in [-0.2, -0.15) is 0 Å². The van der Waals surface area contributed by atoms with E-state index in [0.717, 1.165) is 25.9 Å². The van der Waals surface area contributed by atoms with Gasteiger partial charge in [-0.05, 0) is 13.1 Å². The topological polar surface area (TPSA) is 38.3 Å². The first-order chi connectivity index (χ1) is 5.81. The van der Waals surface area contributed by atoms with Crippen molar-refractivity contribution in [2.24, 2.45) is 0 Å². The number of piperidine rings is 1. The Balaban J connectivity index is 2.09. The molecule has 1 saturated heterocycles. The molecule has 0 aromatic rings. The molecule has 0 amide bonds. The van der Waals surface area contributed by atoms with Crippen molar-refractivity contribution in [2.75, 3.05) is 13.1 Å². The predicted molar refractivity (Wildman–Crippen MR) is 44.7 cm³/mol. The number of ether oxygens (including phenoxy) is 1. The van der Waals surface area contributed by atoms with E-state index in [0.29, 0.717) is 6.42 Å². The van der Waals surface area contributed by atoms with Gasteiger partial charge < -0.3 is 10.1 Å². The second-order valence-corrected chi connectivity index (χ2v) is 3.50. The highest BCUT2D eigenvalue weighted by molar-refractivity contribution is 5.90. The minimum Gasteiger partial charge on any atom is -0.494 e. The Labute approximate surface area is 71.8 Å². The summed E-state index contributed by atoms with van der Waals surface area (Å²) in [4.78, 5) is 11.1. The lowest BCUT2D eigenvalue weighted by molar-refractivity contribution is -0.123. The molecule has 2 heterocycles. The third-order valence-electron chi connectivity index (χ3n) is 2.58. The largest absolute Gasteiger partial charge is 0.494 e. The van der Waals surface area contributed by atoms with E-state index in [-0.39, 0.29) is 11.4 Å². The monoisotopic (exact) mass is 167 g/mol. The third-order valence-corrected chi connectivity index (χ3v) is 2.58. The maximum atomic E-state index is 11.1. The highest BCUT2D eigenvalue weighted by Gasteiger charge is 2.36. The minimum atomic E-state index is -0.170. The van der Waals surface area contributed by atoms with Gasteiger partial charge in [0, 0.05) is 18.9 Å². The molecule has 2 aliphatic heterocycles. The standard InChI is InChI=1S/C9H13NO2/c11-8-1-6-12-9(7-8)2-4-10-5-3-9/h1,6,10H,2-5,7H2. The van der Waals surface area contributed by atoms with Gasteiger partial charge in [0.05, 0.1) is 12.7 Å². The summed E-state index contributed by atoms with van der Waals surface area (Å²) in [5.74, 6) is 0.197. The minimum absolute atomic E-state index is 0.170. The average molecular weight is 167 g/mol. The van der Waals surface area contributed by atoms with Crippen LogP contribution in [0.25, 0.3) is 0 Å². The van der Waals surface area contributed by atoms with Crippen molar-refractivity contribution < 1.29 is 9.53 Å². The summed E-state index contributed by atoms with van der Waals surface area (Å²) in [7, 11) is 0. The number of hydrogen-bond acceptors (Lipinski definition) is 3. The van der Waals surface area contributed by atoms with E-state index >= 15 is 0 Å². The molecule has 3 heteroatoms. The zero-order valence-corrected chi connectivity index (χ0v) is 7.01. The number of ketones is 1. The van der Waals surface area contributed by atoms with Crippen molar-refractivity contribution >= 4 is 5.78 Å². The van der Waals surface area contributed by atoms with Crippen molar-refractivity contribution in [1.82, 2.24) is 5.32 Å². The van der Waals surface area contributed by atoms with Crippen LogP contribution in [-0.2, 0) is 9.53 Å². The van der Waals surface area contributed by atoms with Gasteiger partial charge in [0.1, 0.15) is 5.60 Å². The van der Waals surface area contributed by atoms with Gasteiger partial charge in [0.2, 0.25) is 0 Å². The van der Waals surface area contributed by atoms with E-state index in [9.17, 15) is 4.79 Å². The van der Waals surface area contributed by atoms with Crippen LogP contribution in [0.5, 0.6) is 0 Å². The van der Waals surface area contributed by atoms with Gasteiger partial charge >= 0.3 is 0 Å². The molecular weight excluding hydrogens is 154 g/mol. The lowest BCUT2D eigenvalue weighted by Gasteiger charge is -2.37. The summed E-state index contributed by atoms with van der Waals surface area (Å²) in [6.07, 6.45) is 5.53. The van der Waals surface area contributed by atoms with Crippen LogP contribution in [0.4, 0.5) is 0 Å². The van der Waals surface area contributed by atoms with E-state index in [1.807, 2.05) is 0 Å². The van der Waals surface area contributed by atoms with Gasteiger partial charge in [0.15, 0.2) is 5.78 Å².